The molecule has 0 radical (unpaired) electrons. The second kappa shape index (κ2) is 6.08. The summed E-state index contributed by atoms with van der Waals surface area (Å²) in [5.74, 6) is -0.726. The number of halogens is 3. The van der Waals surface area contributed by atoms with Crippen molar-refractivity contribution in [2.75, 3.05) is 5.32 Å². The monoisotopic (exact) mass is 379 g/mol. The van der Waals surface area contributed by atoms with E-state index < -0.39 is 12.2 Å². The number of fused-ring (bicyclic) bond motifs is 1. The van der Waals surface area contributed by atoms with Crippen molar-refractivity contribution in [3.8, 4) is 0 Å². The zero-order valence-corrected chi connectivity index (χ0v) is 13.6. The molecular weight excluding hydrogens is 368 g/mol. The lowest BCUT2D eigenvalue weighted by atomic mass is 10.1. The van der Waals surface area contributed by atoms with Crippen LogP contribution in [0, 0.1) is 6.92 Å². The number of hydrogen-bond donors (Lipinski definition) is 2. The van der Waals surface area contributed by atoms with Crippen LogP contribution in [0.2, 0.25) is 0 Å². The van der Waals surface area contributed by atoms with Crippen molar-refractivity contribution in [3.05, 3.63) is 57.8 Å². The third-order valence-electron chi connectivity index (χ3n) is 3.40. The smallest absolute Gasteiger partial charge is 0.295 e. The fourth-order valence-corrected chi connectivity index (χ4v) is 2.53. The molecule has 0 aliphatic carbocycles. The zero-order valence-electron chi connectivity index (χ0n) is 12.0. The molecule has 1 amide bonds. The molecule has 118 valence electrons. The topological polar surface area (TPSA) is 57.8 Å². The maximum absolute atomic E-state index is 12.6. The van der Waals surface area contributed by atoms with E-state index in [1.54, 1.807) is 18.2 Å². The van der Waals surface area contributed by atoms with Crippen LogP contribution in [0.1, 0.15) is 28.2 Å². The number of benzene rings is 2. The van der Waals surface area contributed by atoms with Crippen LogP contribution in [0.15, 0.2) is 40.9 Å². The molecule has 7 heteroatoms. The van der Waals surface area contributed by atoms with Gasteiger partial charge < -0.3 is 10.3 Å². The first-order valence-electron chi connectivity index (χ1n) is 6.79. The van der Waals surface area contributed by atoms with Gasteiger partial charge in [-0.2, -0.15) is 0 Å². The van der Waals surface area contributed by atoms with Gasteiger partial charge in [0.1, 0.15) is 0 Å². The Morgan fingerprint density at radius 2 is 2.04 bits per heavy atom. The maximum atomic E-state index is 12.6. The van der Waals surface area contributed by atoms with Crippen LogP contribution in [0.5, 0.6) is 0 Å². The summed E-state index contributed by atoms with van der Waals surface area (Å²) in [5, 5.41) is 2.77. The Hall–Kier alpha value is -2.28. The summed E-state index contributed by atoms with van der Waals surface area (Å²) in [7, 11) is 0. The molecule has 1 aromatic heterocycles. The minimum absolute atomic E-state index is 0.323. The Kier molecular flexibility index (Phi) is 4.12. The SMILES string of the molecule is Cc1ccc(NC(=O)c2ccc3nc(C(F)F)[nH]c3c2)cc1Br. The largest absolute Gasteiger partial charge is 0.337 e. The van der Waals surface area contributed by atoms with E-state index in [9.17, 15) is 13.6 Å². The number of nitrogens with zero attached hydrogens (tertiary/aromatic N) is 1. The van der Waals surface area contributed by atoms with E-state index in [4.69, 9.17) is 0 Å². The molecule has 2 N–H and O–H groups in total. The van der Waals surface area contributed by atoms with Crippen molar-refractivity contribution in [3.63, 3.8) is 0 Å². The average Bonchev–Trinajstić information content (AvgIpc) is 2.94. The quantitative estimate of drug-likeness (QED) is 0.684. The first kappa shape index (κ1) is 15.6. The number of hydrogen-bond acceptors (Lipinski definition) is 2. The van der Waals surface area contributed by atoms with E-state index in [1.165, 1.54) is 12.1 Å². The lowest BCUT2D eigenvalue weighted by Crippen LogP contribution is -2.11. The Morgan fingerprint density at radius 3 is 2.74 bits per heavy atom. The predicted octanol–water partition coefficient (Wildman–Crippen LogP) is 4.82. The Balaban J connectivity index is 1.86. The number of imidazole rings is 1. The minimum atomic E-state index is -2.68. The Bertz CT molecular complexity index is 892. The van der Waals surface area contributed by atoms with Crippen molar-refractivity contribution >= 4 is 38.6 Å². The molecule has 23 heavy (non-hydrogen) atoms. The Morgan fingerprint density at radius 1 is 1.26 bits per heavy atom. The second-order valence-corrected chi connectivity index (χ2v) is 5.93. The van der Waals surface area contributed by atoms with Gasteiger partial charge in [-0.3, -0.25) is 4.79 Å². The molecule has 4 nitrogen and oxygen atoms in total. The molecule has 0 fully saturated rings. The average molecular weight is 380 g/mol. The van der Waals surface area contributed by atoms with Gasteiger partial charge in [0.2, 0.25) is 0 Å². The number of carbonyl (C=O) groups excluding carboxylic acids is 1. The van der Waals surface area contributed by atoms with Gasteiger partial charge in [0, 0.05) is 15.7 Å². The van der Waals surface area contributed by atoms with Gasteiger partial charge in [0.25, 0.3) is 12.3 Å². The molecule has 0 saturated carbocycles. The summed E-state index contributed by atoms with van der Waals surface area (Å²) in [5.41, 5.74) is 2.86. The molecule has 2 aromatic carbocycles. The molecule has 0 unspecified atom stereocenters. The summed E-state index contributed by atoms with van der Waals surface area (Å²) in [4.78, 5) is 18.6. The van der Waals surface area contributed by atoms with Crippen LogP contribution in [-0.4, -0.2) is 15.9 Å². The lowest BCUT2D eigenvalue weighted by molar-refractivity contribution is 0.102. The van der Waals surface area contributed by atoms with Crippen LogP contribution in [0.3, 0.4) is 0 Å². The van der Waals surface area contributed by atoms with E-state index >= 15 is 0 Å². The van der Waals surface area contributed by atoms with Crippen LogP contribution >= 0.6 is 15.9 Å². The fraction of sp³-hybridized carbons (Fsp3) is 0.125. The van der Waals surface area contributed by atoms with Crippen molar-refractivity contribution in [1.82, 2.24) is 9.97 Å². The summed E-state index contributed by atoms with van der Waals surface area (Å²) in [6.07, 6.45) is -2.68. The maximum Gasteiger partial charge on any atom is 0.295 e. The summed E-state index contributed by atoms with van der Waals surface area (Å²) in [6.45, 7) is 1.95. The van der Waals surface area contributed by atoms with Gasteiger partial charge in [-0.15, -0.1) is 0 Å². The zero-order chi connectivity index (χ0) is 16.6. The first-order valence-corrected chi connectivity index (χ1v) is 7.58. The Labute approximate surface area is 139 Å². The highest BCUT2D eigenvalue weighted by molar-refractivity contribution is 9.10. The molecule has 0 atom stereocenters. The van der Waals surface area contributed by atoms with E-state index in [-0.39, 0.29) is 5.91 Å². The van der Waals surface area contributed by atoms with Gasteiger partial charge in [-0.1, -0.05) is 22.0 Å². The molecule has 0 spiro atoms. The van der Waals surface area contributed by atoms with Crippen molar-refractivity contribution < 1.29 is 13.6 Å². The van der Waals surface area contributed by atoms with Gasteiger partial charge in [-0.05, 0) is 42.8 Å². The number of aromatic nitrogens is 2. The highest BCUT2D eigenvalue weighted by Crippen LogP contribution is 2.23. The standard InChI is InChI=1S/C16H12BrF2N3O/c1-8-2-4-10(7-11(8)17)20-16(23)9-3-5-12-13(6-9)22-15(21-12)14(18)19/h2-7,14H,1H3,(H,20,23)(H,21,22). The van der Waals surface area contributed by atoms with Gasteiger partial charge in [0.15, 0.2) is 5.82 Å². The number of carbonyl (C=O) groups is 1. The normalized spacial score (nSPS) is 11.2. The van der Waals surface area contributed by atoms with Crippen molar-refractivity contribution in [2.45, 2.75) is 13.3 Å². The molecule has 0 bridgehead atoms. The van der Waals surface area contributed by atoms with Gasteiger partial charge >= 0.3 is 0 Å². The number of rotatable bonds is 3. The summed E-state index contributed by atoms with van der Waals surface area (Å²) < 4.78 is 26.2. The molecule has 3 rings (SSSR count). The third kappa shape index (κ3) is 3.24. The molecule has 1 heterocycles. The number of amides is 1. The summed E-state index contributed by atoms with van der Waals surface area (Å²) in [6, 6.07) is 10.1. The first-order chi connectivity index (χ1) is 10.9. The number of H-pyrrole nitrogens is 1. The molecule has 0 saturated heterocycles. The van der Waals surface area contributed by atoms with Crippen molar-refractivity contribution in [1.29, 1.82) is 0 Å². The van der Waals surface area contributed by atoms with E-state index in [0.29, 0.717) is 22.3 Å². The van der Waals surface area contributed by atoms with Crippen LogP contribution in [0.25, 0.3) is 11.0 Å². The summed E-state index contributed by atoms with van der Waals surface area (Å²) >= 11 is 3.41. The molecule has 0 aliphatic rings. The molecular formula is C16H12BrF2N3O. The minimum Gasteiger partial charge on any atom is -0.337 e. The highest BCUT2D eigenvalue weighted by atomic mass is 79.9. The number of anilines is 1. The van der Waals surface area contributed by atoms with Crippen LogP contribution in [0.4, 0.5) is 14.5 Å². The van der Waals surface area contributed by atoms with E-state index in [0.717, 1.165) is 10.0 Å². The van der Waals surface area contributed by atoms with Crippen LogP contribution < -0.4 is 5.32 Å². The molecule has 3 aromatic rings. The van der Waals surface area contributed by atoms with Crippen LogP contribution in [-0.2, 0) is 0 Å². The number of alkyl halides is 2. The number of aryl methyl sites for hydroxylation is 1. The van der Waals surface area contributed by atoms with Crippen molar-refractivity contribution in [2.24, 2.45) is 0 Å². The molecule has 0 aliphatic heterocycles. The number of nitrogens with one attached hydrogen (secondary N) is 2. The lowest BCUT2D eigenvalue weighted by Gasteiger charge is -2.07. The predicted molar refractivity (Wildman–Crippen MR) is 87.9 cm³/mol. The fourth-order valence-electron chi connectivity index (χ4n) is 2.15. The van der Waals surface area contributed by atoms with Gasteiger partial charge in [0.05, 0.1) is 11.0 Å². The number of aromatic amines is 1. The highest BCUT2D eigenvalue weighted by Gasteiger charge is 2.14. The third-order valence-corrected chi connectivity index (χ3v) is 4.25. The van der Waals surface area contributed by atoms with E-state index in [2.05, 4.69) is 31.2 Å². The second-order valence-electron chi connectivity index (χ2n) is 5.07. The van der Waals surface area contributed by atoms with E-state index in [1.807, 2.05) is 13.0 Å². The van der Waals surface area contributed by atoms with Gasteiger partial charge in [-0.25, -0.2) is 13.8 Å².